The van der Waals surface area contributed by atoms with Crippen molar-refractivity contribution >= 4 is 0 Å². The Morgan fingerprint density at radius 3 is 2.83 bits per heavy atom. The lowest BCUT2D eigenvalue weighted by Gasteiger charge is -2.28. The molecule has 1 fully saturated rings. The number of hydrogen-bond donors (Lipinski definition) is 1. The van der Waals surface area contributed by atoms with Crippen molar-refractivity contribution in [3.63, 3.8) is 0 Å². The quantitative estimate of drug-likeness (QED) is 0.864. The third-order valence-electron chi connectivity index (χ3n) is 3.83. The van der Waals surface area contributed by atoms with Crippen molar-refractivity contribution < 1.29 is 4.39 Å². The second-order valence-corrected chi connectivity index (χ2v) is 5.11. The second-order valence-electron chi connectivity index (χ2n) is 5.11. The van der Waals surface area contributed by atoms with Crippen LogP contribution in [0.3, 0.4) is 0 Å². The number of likely N-dealkylation sites (tertiary alicyclic amines) is 1. The molecule has 1 aliphatic heterocycles. The maximum atomic E-state index is 14.0. The van der Waals surface area contributed by atoms with Gasteiger partial charge in [-0.05, 0) is 51.5 Å². The van der Waals surface area contributed by atoms with Gasteiger partial charge in [-0.25, -0.2) is 4.39 Å². The molecule has 1 N–H and O–H groups in total. The normalized spacial score (nSPS) is 24.6. The summed E-state index contributed by atoms with van der Waals surface area (Å²) >= 11 is 0. The Morgan fingerprint density at radius 2 is 2.17 bits per heavy atom. The van der Waals surface area contributed by atoms with Gasteiger partial charge in [0.2, 0.25) is 0 Å². The lowest BCUT2D eigenvalue weighted by molar-refractivity contribution is 0.222. The van der Waals surface area contributed by atoms with Crippen LogP contribution in [-0.4, -0.2) is 31.6 Å². The molecule has 1 aromatic rings. The fraction of sp³-hybridized carbons (Fsp3) is 0.600. The number of benzene rings is 1. The number of nitrogens with one attached hydrogen (secondary N) is 1. The van der Waals surface area contributed by atoms with Crippen molar-refractivity contribution in [3.05, 3.63) is 35.6 Å². The summed E-state index contributed by atoms with van der Waals surface area (Å²) in [6.07, 6.45) is 2.27. The van der Waals surface area contributed by atoms with Gasteiger partial charge >= 0.3 is 0 Å². The molecule has 0 saturated carbocycles. The van der Waals surface area contributed by atoms with Crippen LogP contribution in [0, 0.1) is 11.7 Å². The van der Waals surface area contributed by atoms with E-state index in [-0.39, 0.29) is 11.9 Å². The van der Waals surface area contributed by atoms with Gasteiger partial charge in [0.1, 0.15) is 5.82 Å². The third-order valence-corrected chi connectivity index (χ3v) is 3.83. The molecule has 0 aliphatic carbocycles. The average Bonchev–Trinajstić information content (AvgIpc) is 2.74. The first kappa shape index (κ1) is 13.5. The highest BCUT2D eigenvalue weighted by atomic mass is 19.1. The number of halogens is 1. The summed E-state index contributed by atoms with van der Waals surface area (Å²) in [6, 6.07) is 7.46. The first-order valence-electron chi connectivity index (χ1n) is 6.91. The van der Waals surface area contributed by atoms with E-state index in [1.165, 1.54) is 0 Å². The van der Waals surface area contributed by atoms with E-state index in [2.05, 4.69) is 17.1 Å². The topological polar surface area (TPSA) is 15.3 Å². The molecular formula is C15H23FN2. The van der Waals surface area contributed by atoms with Gasteiger partial charge in [-0.2, -0.15) is 0 Å². The highest BCUT2D eigenvalue weighted by Gasteiger charge is 2.35. The van der Waals surface area contributed by atoms with Crippen LogP contribution in [0.4, 0.5) is 4.39 Å². The highest BCUT2D eigenvalue weighted by Crippen LogP contribution is 2.37. The Labute approximate surface area is 109 Å². The highest BCUT2D eigenvalue weighted by molar-refractivity contribution is 5.23. The van der Waals surface area contributed by atoms with E-state index < -0.39 is 0 Å². The van der Waals surface area contributed by atoms with Crippen molar-refractivity contribution in [1.82, 2.24) is 10.2 Å². The fourth-order valence-electron chi connectivity index (χ4n) is 3.11. The molecule has 1 aliphatic rings. The fourth-order valence-corrected chi connectivity index (χ4v) is 3.11. The van der Waals surface area contributed by atoms with Crippen molar-refractivity contribution in [1.29, 1.82) is 0 Å². The second kappa shape index (κ2) is 6.30. The average molecular weight is 250 g/mol. The zero-order chi connectivity index (χ0) is 13.0. The third kappa shape index (κ3) is 2.73. The van der Waals surface area contributed by atoms with Gasteiger partial charge in [-0.15, -0.1) is 0 Å². The summed E-state index contributed by atoms with van der Waals surface area (Å²) in [7, 11) is 1.97. The molecule has 2 rings (SSSR count). The summed E-state index contributed by atoms with van der Waals surface area (Å²) in [6.45, 7) is 5.28. The minimum atomic E-state index is -0.0633. The summed E-state index contributed by atoms with van der Waals surface area (Å²) < 4.78 is 14.0. The molecule has 0 amide bonds. The van der Waals surface area contributed by atoms with E-state index in [4.69, 9.17) is 0 Å². The Balaban J connectivity index is 2.25. The largest absolute Gasteiger partial charge is 0.319 e. The summed E-state index contributed by atoms with van der Waals surface area (Å²) in [5, 5.41) is 3.24. The van der Waals surface area contributed by atoms with E-state index in [0.717, 1.165) is 38.0 Å². The molecule has 0 radical (unpaired) electrons. The Kier molecular flexibility index (Phi) is 4.72. The number of hydrogen-bond acceptors (Lipinski definition) is 2. The molecule has 0 aromatic heterocycles. The molecule has 3 heteroatoms. The van der Waals surface area contributed by atoms with Gasteiger partial charge in [0.25, 0.3) is 0 Å². The van der Waals surface area contributed by atoms with Crippen LogP contribution in [-0.2, 0) is 0 Å². The van der Waals surface area contributed by atoms with Crippen LogP contribution in [0.25, 0.3) is 0 Å². The van der Waals surface area contributed by atoms with Gasteiger partial charge in [-0.1, -0.05) is 25.1 Å². The molecule has 1 heterocycles. The Hall–Kier alpha value is -0.930. The van der Waals surface area contributed by atoms with Crippen LogP contribution in [0.5, 0.6) is 0 Å². The van der Waals surface area contributed by atoms with Gasteiger partial charge in [0.15, 0.2) is 0 Å². The molecule has 2 atom stereocenters. The van der Waals surface area contributed by atoms with Crippen molar-refractivity contribution in [2.45, 2.75) is 25.8 Å². The zero-order valence-corrected chi connectivity index (χ0v) is 11.3. The zero-order valence-electron chi connectivity index (χ0n) is 11.3. The minimum Gasteiger partial charge on any atom is -0.319 e. The molecule has 18 heavy (non-hydrogen) atoms. The maximum absolute atomic E-state index is 14.0. The first-order valence-corrected chi connectivity index (χ1v) is 6.91. The predicted octanol–water partition coefficient (Wildman–Crippen LogP) is 2.82. The van der Waals surface area contributed by atoms with Crippen LogP contribution in [0.1, 0.15) is 31.4 Å². The van der Waals surface area contributed by atoms with Crippen molar-refractivity contribution in [2.24, 2.45) is 5.92 Å². The van der Waals surface area contributed by atoms with E-state index in [1.54, 1.807) is 12.1 Å². The summed E-state index contributed by atoms with van der Waals surface area (Å²) in [5.41, 5.74) is 0.865. The minimum absolute atomic E-state index is 0.0633. The monoisotopic (exact) mass is 250 g/mol. The summed E-state index contributed by atoms with van der Waals surface area (Å²) in [4.78, 5) is 2.43. The number of rotatable bonds is 5. The van der Waals surface area contributed by atoms with Gasteiger partial charge < -0.3 is 5.32 Å². The van der Waals surface area contributed by atoms with Crippen LogP contribution in [0.2, 0.25) is 0 Å². The van der Waals surface area contributed by atoms with Crippen molar-refractivity contribution in [3.8, 4) is 0 Å². The van der Waals surface area contributed by atoms with Gasteiger partial charge in [0, 0.05) is 11.6 Å². The molecule has 2 nitrogen and oxygen atoms in total. The molecule has 2 unspecified atom stereocenters. The van der Waals surface area contributed by atoms with E-state index in [1.807, 2.05) is 19.2 Å². The number of nitrogens with zero attached hydrogens (tertiary/aromatic N) is 1. The van der Waals surface area contributed by atoms with Crippen LogP contribution in [0.15, 0.2) is 24.3 Å². The standard InChI is InChI=1S/C15H23FN2/c1-3-9-18-10-8-12(11-17-2)15(18)13-6-4-5-7-14(13)16/h4-7,12,15,17H,3,8-11H2,1-2H3. The molecule has 1 aromatic carbocycles. The smallest absolute Gasteiger partial charge is 0.127 e. The maximum Gasteiger partial charge on any atom is 0.127 e. The summed E-state index contributed by atoms with van der Waals surface area (Å²) in [5.74, 6) is 0.449. The predicted molar refractivity (Wildman–Crippen MR) is 73.0 cm³/mol. The van der Waals surface area contributed by atoms with E-state index >= 15 is 0 Å². The first-order chi connectivity index (χ1) is 8.77. The lowest BCUT2D eigenvalue weighted by atomic mass is 9.93. The lowest BCUT2D eigenvalue weighted by Crippen LogP contribution is -2.30. The molecule has 1 saturated heterocycles. The Morgan fingerprint density at radius 1 is 1.39 bits per heavy atom. The molecule has 0 spiro atoms. The van der Waals surface area contributed by atoms with Crippen LogP contribution < -0.4 is 5.32 Å². The molecule has 100 valence electrons. The molecular weight excluding hydrogens is 227 g/mol. The van der Waals surface area contributed by atoms with Gasteiger partial charge in [-0.3, -0.25) is 4.90 Å². The van der Waals surface area contributed by atoms with Gasteiger partial charge in [0.05, 0.1) is 0 Å². The van der Waals surface area contributed by atoms with E-state index in [0.29, 0.717) is 5.92 Å². The van der Waals surface area contributed by atoms with Crippen LogP contribution >= 0.6 is 0 Å². The molecule has 0 bridgehead atoms. The van der Waals surface area contributed by atoms with E-state index in [9.17, 15) is 4.39 Å². The SMILES string of the molecule is CCCN1CCC(CNC)C1c1ccccc1F. The van der Waals surface area contributed by atoms with Crippen molar-refractivity contribution in [2.75, 3.05) is 26.7 Å². The Bertz CT molecular complexity index is 367.